The summed E-state index contributed by atoms with van der Waals surface area (Å²) in [5, 5.41) is 5.93. The monoisotopic (exact) mass is 341 g/mol. The molecule has 5 nitrogen and oxygen atoms in total. The number of hydrazone groups is 1. The van der Waals surface area contributed by atoms with Gasteiger partial charge in [0.05, 0.1) is 11.7 Å². The first-order valence-corrected chi connectivity index (χ1v) is 9.45. The molecule has 4 N–H and O–H groups in total. The van der Waals surface area contributed by atoms with Gasteiger partial charge in [0.2, 0.25) is 0 Å². The maximum atomic E-state index is 6.60. The molecule has 136 valence electrons. The standard InChI is InChI=1S/C20H31N5/c1-15-9-8-10-16(2)18(15)25(22)20(23-21)19(24-13-6-7-14-24)17-11-4-3-5-12-17/h8-11,19H,3-7,12-14,21-22H2,1-2H3/b23-20-. The summed E-state index contributed by atoms with van der Waals surface area (Å²) in [4.78, 5) is 2.50. The summed E-state index contributed by atoms with van der Waals surface area (Å²) in [5.74, 6) is 13.3. The van der Waals surface area contributed by atoms with Crippen molar-refractivity contribution in [3.05, 3.63) is 41.0 Å². The van der Waals surface area contributed by atoms with Gasteiger partial charge in [-0.2, -0.15) is 5.10 Å². The third kappa shape index (κ3) is 3.72. The molecule has 2 aliphatic rings. The summed E-state index contributed by atoms with van der Waals surface area (Å²) in [6.07, 6.45) is 9.62. The van der Waals surface area contributed by atoms with Crippen LogP contribution in [0.25, 0.3) is 0 Å². The molecule has 1 saturated heterocycles. The summed E-state index contributed by atoms with van der Waals surface area (Å²) >= 11 is 0. The highest BCUT2D eigenvalue weighted by molar-refractivity contribution is 6.03. The van der Waals surface area contributed by atoms with Crippen LogP contribution in [0.3, 0.4) is 0 Å². The lowest BCUT2D eigenvalue weighted by molar-refractivity contribution is 0.316. The molecule has 0 amide bonds. The predicted molar refractivity (Wildman–Crippen MR) is 105 cm³/mol. The van der Waals surface area contributed by atoms with Gasteiger partial charge in [0, 0.05) is 0 Å². The molecule has 1 aliphatic heterocycles. The maximum Gasteiger partial charge on any atom is 0.164 e. The number of amidine groups is 1. The Morgan fingerprint density at radius 2 is 1.80 bits per heavy atom. The molecule has 0 bridgehead atoms. The summed E-state index contributed by atoms with van der Waals surface area (Å²) < 4.78 is 0. The summed E-state index contributed by atoms with van der Waals surface area (Å²) in [6, 6.07) is 6.32. The second-order valence-electron chi connectivity index (χ2n) is 7.27. The quantitative estimate of drug-likeness (QED) is 0.290. The maximum absolute atomic E-state index is 6.60. The molecule has 1 unspecified atom stereocenters. The smallest absolute Gasteiger partial charge is 0.164 e. The highest BCUT2D eigenvalue weighted by atomic mass is 15.5. The predicted octanol–water partition coefficient (Wildman–Crippen LogP) is 3.22. The van der Waals surface area contributed by atoms with E-state index in [-0.39, 0.29) is 6.04 Å². The van der Waals surface area contributed by atoms with Crippen LogP contribution < -0.4 is 16.7 Å². The Hall–Kier alpha value is -1.85. The van der Waals surface area contributed by atoms with Crippen molar-refractivity contribution < 1.29 is 0 Å². The first-order chi connectivity index (χ1) is 12.1. The fraction of sp³-hybridized carbons (Fsp3) is 0.550. The van der Waals surface area contributed by atoms with E-state index in [1.807, 2.05) is 0 Å². The van der Waals surface area contributed by atoms with Crippen LogP contribution in [0.1, 0.15) is 49.7 Å². The van der Waals surface area contributed by atoms with Crippen molar-refractivity contribution in [1.82, 2.24) is 4.90 Å². The average Bonchev–Trinajstić information content (AvgIpc) is 3.14. The fourth-order valence-corrected chi connectivity index (χ4v) is 4.24. The van der Waals surface area contributed by atoms with Gasteiger partial charge in [0.1, 0.15) is 0 Å². The zero-order valence-electron chi connectivity index (χ0n) is 15.5. The van der Waals surface area contributed by atoms with E-state index < -0.39 is 0 Å². The third-order valence-electron chi connectivity index (χ3n) is 5.49. The minimum absolute atomic E-state index is 0.0943. The van der Waals surface area contributed by atoms with Gasteiger partial charge in [-0.25, -0.2) is 5.84 Å². The van der Waals surface area contributed by atoms with E-state index in [9.17, 15) is 0 Å². The second-order valence-corrected chi connectivity index (χ2v) is 7.27. The largest absolute Gasteiger partial charge is 0.321 e. The highest BCUT2D eigenvalue weighted by Gasteiger charge is 2.33. The van der Waals surface area contributed by atoms with Crippen molar-refractivity contribution >= 4 is 11.5 Å². The van der Waals surface area contributed by atoms with Crippen molar-refractivity contribution in [1.29, 1.82) is 0 Å². The molecule has 0 radical (unpaired) electrons. The molecule has 0 saturated carbocycles. The number of nitrogens with two attached hydrogens (primary N) is 2. The number of hydrazine groups is 1. The van der Waals surface area contributed by atoms with E-state index in [1.54, 1.807) is 5.01 Å². The van der Waals surface area contributed by atoms with Crippen molar-refractivity contribution in [2.24, 2.45) is 16.8 Å². The molecule has 1 aromatic carbocycles. The Morgan fingerprint density at radius 3 is 2.36 bits per heavy atom. The summed E-state index contributed by atoms with van der Waals surface area (Å²) in [7, 11) is 0. The molecule has 1 heterocycles. The molecule has 3 rings (SSSR count). The lowest BCUT2D eigenvalue weighted by Gasteiger charge is -2.36. The molecule has 1 fully saturated rings. The van der Waals surface area contributed by atoms with Gasteiger partial charge < -0.3 is 5.84 Å². The van der Waals surface area contributed by atoms with E-state index in [2.05, 4.69) is 48.1 Å². The van der Waals surface area contributed by atoms with Gasteiger partial charge in [-0.1, -0.05) is 24.3 Å². The van der Waals surface area contributed by atoms with Crippen LogP contribution in [0.5, 0.6) is 0 Å². The number of anilines is 1. The molecule has 0 aromatic heterocycles. The summed E-state index contributed by atoms with van der Waals surface area (Å²) in [5.41, 5.74) is 4.72. The van der Waals surface area contributed by atoms with Crippen molar-refractivity contribution in [2.75, 3.05) is 18.1 Å². The number of aryl methyl sites for hydroxylation is 2. The Balaban J connectivity index is 1.98. The number of hydrogen-bond acceptors (Lipinski definition) is 4. The Bertz CT molecular complexity index is 638. The Morgan fingerprint density at radius 1 is 1.12 bits per heavy atom. The molecule has 25 heavy (non-hydrogen) atoms. The second kappa shape index (κ2) is 8.02. The Kier molecular flexibility index (Phi) is 5.76. The zero-order valence-corrected chi connectivity index (χ0v) is 15.5. The fourth-order valence-electron chi connectivity index (χ4n) is 4.24. The van der Waals surface area contributed by atoms with E-state index in [1.165, 1.54) is 31.3 Å². The van der Waals surface area contributed by atoms with E-state index in [4.69, 9.17) is 11.7 Å². The van der Waals surface area contributed by atoms with Crippen LogP contribution in [0, 0.1) is 13.8 Å². The van der Waals surface area contributed by atoms with Gasteiger partial charge >= 0.3 is 0 Å². The van der Waals surface area contributed by atoms with Crippen LogP contribution in [-0.4, -0.2) is 29.9 Å². The first kappa shape index (κ1) is 18.0. The number of allylic oxidation sites excluding steroid dienone is 1. The number of benzene rings is 1. The average molecular weight is 342 g/mol. The normalized spacial score (nSPS) is 20.4. The van der Waals surface area contributed by atoms with Crippen LogP contribution in [-0.2, 0) is 0 Å². The van der Waals surface area contributed by atoms with E-state index in [0.29, 0.717) is 0 Å². The Labute approximate surface area is 151 Å². The molecule has 1 atom stereocenters. The molecule has 5 heteroatoms. The summed E-state index contributed by atoms with van der Waals surface area (Å²) in [6.45, 7) is 6.34. The molecule has 1 aromatic rings. The number of likely N-dealkylation sites (tertiary alicyclic amines) is 1. The molecular formula is C20H31N5. The zero-order chi connectivity index (χ0) is 17.8. The van der Waals surface area contributed by atoms with E-state index >= 15 is 0 Å². The highest BCUT2D eigenvalue weighted by Crippen LogP contribution is 2.30. The minimum Gasteiger partial charge on any atom is -0.321 e. The van der Waals surface area contributed by atoms with Gasteiger partial charge in [-0.3, -0.25) is 9.91 Å². The first-order valence-electron chi connectivity index (χ1n) is 9.45. The van der Waals surface area contributed by atoms with Crippen LogP contribution >= 0.6 is 0 Å². The van der Waals surface area contributed by atoms with Crippen molar-refractivity contribution in [3.63, 3.8) is 0 Å². The SMILES string of the molecule is Cc1cccc(C)c1N(N)/C(=N\N)C(C1=CCCCC1)N1CCCC1. The van der Waals surface area contributed by atoms with Crippen LogP contribution in [0.4, 0.5) is 5.69 Å². The number of para-hydroxylation sites is 1. The lowest BCUT2D eigenvalue weighted by Crippen LogP contribution is -2.53. The van der Waals surface area contributed by atoms with Crippen LogP contribution in [0.15, 0.2) is 34.9 Å². The lowest BCUT2D eigenvalue weighted by atomic mass is 9.92. The van der Waals surface area contributed by atoms with Gasteiger partial charge in [0.25, 0.3) is 0 Å². The number of rotatable bonds is 4. The molecule has 1 aliphatic carbocycles. The molecular weight excluding hydrogens is 310 g/mol. The number of nitrogens with zero attached hydrogens (tertiary/aromatic N) is 3. The molecule has 0 spiro atoms. The van der Waals surface area contributed by atoms with Gasteiger partial charge in [-0.15, -0.1) is 0 Å². The number of hydrogen-bond donors (Lipinski definition) is 2. The topological polar surface area (TPSA) is 70.9 Å². The van der Waals surface area contributed by atoms with E-state index in [0.717, 1.165) is 48.6 Å². The van der Waals surface area contributed by atoms with Crippen molar-refractivity contribution in [3.8, 4) is 0 Å². The minimum atomic E-state index is 0.0943. The van der Waals surface area contributed by atoms with Crippen molar-refractivity contribution in [2.45, 2.75) is 58.4 Å². The van der Waals surface area contributed by atoms with Gasteiger partial charge in [-0.05, 0) is 82.2 Å². The third-order valence-corrected chi connectivity index (χ3v) is 5.49. The van der Waals surface area contributed by atoms with Gasteiger partial charge in [0.15, 0.2) is 5.84 Å². The van der Waals surface area contributed by atoms with Crippen LogP contribution in [0.2, 0.25) is 0 Å².